The molecule has 3 rings (SSSR count). The fraction of sp³-hybridized carbons (Fsp3) is 0.500. The number of amides is 1. The summed E-state index contributed by atoms with van der Waals surface area (Å²) < 4.78 is 18.5. The minimum absolute atomic E-state index is 0.0534. The van der Waals surface area contributed by atoms with Crippen LogP contribution in [0.1, 0.15) is 31.5 Å². The number of ether oxygens (including phenoxy) is 1. The average Bonchev–Trinajstić information content (AvgIpc) is 2.90. The first-order chi connectivity index (χ1) is 10.7. The molecule has 22 heavy (non-hydrogen) atoms. The highest BCUT2D eigenvalue weighted by Gasteiger charge is 2.15. The van der Waals surface area contributed by atoms with E-state index in [0.29, 0.717) is 31.4 Å². The van der Waals surface area contributed by atoms with E-state index < -0.39 is 0 Å². The smallest absolute Gasteiger partial charge is 0.220 e. The SMILES string of the molecule is O=C(CCCc1nc2ccc(F)cc2[nH]1)NC1CCCOC1. The Bertz CT molecular complexity index is 650. The molecule has 6 heteroatoms. The monoisotopic (exact) mass is 305 g/mol. The molecule has 0 aliphatic carbocycles. The van der Waals surface area contributed by atoms with Crippen LogP contribution in [0.15, 0.2) is 18.2 Å². The molecule has 2 aromatic rings. The number of hydrogen-bond donors (Lipinski definition) is 2. The Kier molecular flexibility index (Phi) is 4.68. The van der Waals surface area contributed by atoms with E-state index in [9.17, 15) is 9.18 Å². The van der Waals surface area contributed by atoms with E-state index in [2.05, 4.69) is 15.3 Å². The van der Waals surface area contributed by atoms with E-state index in [0.717, 1.165) is 30.8 Å². The molecule has 5 nitrogen and oxygen atoms in total. The van der Waals surface area contributed by atoms with Gasteiger partial charge < -0.3 is 15.0 Å². The van der Waals surface area contributed by atoms with Crippen LogP contribution in [0.5, 0.6) is 0 Å². The highest BCUT2D eigenvalue weighted by Crippen LogP contribution is 2.14. The molecule has 1 atom stereocenters. The molecule has 0 saturated carbocycles. The van der Waals surface area contributed by atoms with Crippen LogP contribution in [0, 0.1) is 5.82 Å². The molecule has 2 heterocycles. The number of hydrogen-bond acceptors (Lipinski definition) is 3. The lowest BCUT2D eigenvalue weighted by molar-refractivity contribution is -0.122. The molecule has 1 unspecified atom stereocenters. The zero-order valence-electron chi connectivity index (χ0n) is 12.4. The molecule has 1 amide bonds. The van der Waals surface area contributed by atoms with Crippen LogP contribution >= 0.6 is 0 Å². The highest BCUT2D eigenvalue weighted by atomic mass is 19.1. The fourth-order valence-electron chi connectivity index (χ4n) is 2.72. The van der Waals surface area contributed by atoms with Crippen LogP contribution in [0.3, 0.4) is 0 Å². The van der Waals surface area contributed by atoms with Crippen molar-refractivity contribution in [1.29, 1.82) is 0 Å². The lowest BCUT2D eigenvalue weighted by Gasteiger charge is -2.23. The van der Waals surface area contributed by atoms with Crippen molar-refractivity contribution in [3.8, 4) is 0 Å². The van der Waals surface area contributed by atoms with E-state index in [-0.39, 0.29) is 17.8 Å². The van der Waals surface area contributed by atoms with Crippen LogP contribution in [0.2, 0.25) is 0 Å². The predicted octanol–water partition coefficient (Wildman–Crippen LogP) is 2.32. The Balaban J connectivity index is 1.46. The molecular weight excluding hydrogens is 285 g/mol. The van der Waals surface area contributed by atoms with Crippen LogP contribution in [-0.4, -0.2) is 35.1 Å². The third-order valence-corrected chi connectivity index (χ3v) is 3.84. The minimum atomic E-state index is -0.281. The van der Waals surface area contributed by atoms with E-state index in [1.807, 2.05) is 0 Å². The standard InChI is InChI=1S/C16H20FN3O2/c17-11-6-7-13-14(9-11)20-15(19-13)4-1-5-16(21)18-12-3-2-8-22-10-12/h6-7,9,12H,1-5,8,10H2,(H,18,21)(H,19,20). The van der Waals surface area contributed by atoms with E-state index in [4.69, 9.17) is 4.74 Å². The lowest BCUT2D eigenvalue weighted by atomic mass is 10.1. The van der Waals surface area contributed by atoms with Gasteiger partial charge in [0.05, 0.1) is 23.7 Å². The van der Waals surface area contributed by atoms with Gasteiger partial charge in [-0.1, -0.05) is 0 Å². The summed E-state index contributed by atoms with van der Waals surface area (Å²) in [5.41, 5.74) is 1.44. The van der Waals surface area contributed by atoms with Crippen molar-refractivity contribution in [3.63, 3.8) is 0 Å². The Morgan fingerprint density at radius 3 is 3.23 bits per heavy atom. The molecule has 1 aliphatic rings. The Hall–Kier alpha value is -1.95. The molecule has 1 saturated heterocycles. The number of nitrogens with zero attached hydrogens (tertiary/aromatic N) is 1. The normalized spacial score (nSPS) is 18.5. The molecular formula is C16H20FN3O2. The minimum Gasteiger partial charge on any atom is -0.379 e. The summed E-state index contributed by atoms with van der Waals surface area (Å²) in [6.07, 6.45) is 3.83. The maximum absolute atomic E-state index is 13.1. The Morgan fingerprint density at radius 2 is 2.41 bits per heavy atom. The number of aryl methyl sites for hydroxylation is 1. The zero-order chi connectivity index (χ0) is 15.4. The van der Waals surface area contributed by atoms with Crippen molar-refractivity contribution in [2.75, 3.05) is 13.2 Å². The maximum atomic E-state index is 13.1. The van der Waals surface area contributed by atoms with Crippen molar-refractivity contribution in [2.24, 2.45) is 0 Å². The first-order valence-corrected chi connectivity index (χ1v) is 7.72. The average molecular weight is 305 g/mol. The number of nitrogens with one attached hydrogen (secondary N) is 2. The molecule has 1 fully saturated rings. The first-order valence-electron chi connectivity index (χ1n) is 7.72. The summed E-state index contributed by atoms with van der Waals surface area (Å²) in [7, 11) is 0. The van der Waals surface area contributed by atoms with Gasteiger partial charge in [-0.15, -0.1) is 0 Å². The predicted molar refractivity (Wildman–Crippen MR) is 81.0 cm³/mol. The number of halogens is 1. The number of aromatic nitrogens is 2. The Morgan fingerprint density at radius 1 is 1.50 bits per heavy atom. The first kappa shape index (κ1) is 15.0. The summed E-state index contributed by atoms with van der Waals surface area (Å²) >= 11 is 0. The Labute approximate surface area is 128 Å². The number of rotatable bonds is 5. The summed E-state index contributed by atoms with van der Waals surface area (Å²) in [6, 6.07) is 4.63. The van der Waals surface area contributed by atoms with Crippen LogP contribution in [0.25, 0.3) is 11.0 Å². The largest absolute Gasteiger partial charge is 0.379 e. The molecule has 0 bridgehead atoms. The van der Waals surface area contributed by atoms with Gasteiger partial charge >= 0.3 is 0 Å². The second-order valence-electron chi connectivity index (χ2n) is 5.68. The third-order valence-electron chi connectivity index (χ3n) is 3.84. The number of imidazole rings is 1. The molecule has 0 radical (unpaired) electrons. The van der Waals surface area contributed by atoms with Crippen molar-refractivity contribution >= 4 is 16.9 Å². The van der Waals surface area contributed by atoms with Crippen molar-refractivity contribution in [3.05, 3.63) is 29.8 Å². The van der Waals surface area contributed by atoms with Gasteiger partial charge in [0.15, 0.2) is 0 Å². The van der Waals surface area contributed by atoms with Gasteiger partial charge in [-0.2, -0.15) is 0 Å². The number of carbonyl (C=O) groups is 1. The van der Waals surface area contributed by atoms with Crippen LogP contribution < -0.4 is 5.32 Å². The molecule has 2 N–H and O–H groups in total. The molecule has 118 valence electrons. The summed E-state index contributed by atoms with van der Waals surface area (Å²) in [4.78, 5) is 19.4. The van der Waals surface area contributed by atoms with Gasteiger partial charge in [0, 0.05) is 19.4 Å². The molecule has 1 aromatic carbocycles. The topological polar surface area (TPSA) is 67.0 Å². The van der Waals surface area contributed by atoms with Gasteiger partial charge in [-0.25, -0.2) is 9.37 Å². The molecule has 1 aromatic heterocycles. The fourth-order valence-corrected chi connectivity index (χ4v) is 2.72. The number of fused-ring (bicyclic) bond motifs is 1. The quantitative estimate of drug-likeness (QED) is 0.891. The summed E-state index contributed by atoms with van der Waals surface area (Å²) in [5.74, 6) is 0.559. The molecule has 0 spiro atoms. The molecule has 1 aliphatic heterocycles. The summed E-state index contributed by atoms with van der Waals surface area (Å²) in [6.45, 7) is 1.40. The number of benzene rings is 1. The van der Waals surface area contributed by atoms with Gasteiger partial charge in [0.1, 0.15) is 11.6 Å². The second kappa shape index (κ2) is 6.87. The van der Waals surface area contributed by atoms with Crippen molar-refractivity contribution in [1.82, 2.24) is 15.3 Å². The van der Waals surface area contributed by atoms with Crippen LogP contribution in [0.4, 0.5) is 4.39 Å². The van der Waals surface area contributed by atoms with Crippen LogP contribution in [-0.2, 0) is 16.0 Å². The van der Waals surface area contributed by atoms with E-state index in [1.54, 1.807) is 6.07 Å². The lowest BCUT2D eigenvalue weighted by Crippen LogP contribution is -2.40. The third kappa shape index (κ3) is 3.82. The number of aromatic amines is 1. The highest BCUT2D eigenvalue weighted by molar-refractivity contribution is 5.76. The zero-order valence-corrected chi connectivity index (χ0v) is 12.4. The number of H-pyrrole nitrogens is 1. The van der Waals surface area contributed by atoms with E-state index >= 15 is 0 Å². The van der Waals surface area contributed by atoms with E-state index in [1.165, 1.54) is 12.1 Å². The van der Waals surface area contributed by atoms with Gasteiger partial charge in [0.2, 0.25) is 5.91 Å². The van der Waals surface area contributed by atoms with Crippen molar-refractivity contribution in [2.45, 2.75) is 38.1 Å². The second-order valence-corrected chi connectivity index (χ2v) is 5.68. The van der Waals surface area contributed by atoms with Crippen molar-refractivity contribution < 1.29 is 13.9 Å². The summed E-state index contributed by atoms with van der Waals surface area (Å²) in [5, 5.41) is 3.00. The number of carbonyl (C=O) groups excluding carboxylic acids is 1. The maximum Gasteiger partial charge on any atom is 0.220 e. The van der Waals surface area contributed by atoms with Gasteiger partial charge in [-0.05, 0) is 37.5 Å². The van der Waals surface area contributed by atoms with Gasteiger partial charge in [0.25, 0.3) is 0 Å². The van der Waals surface area contributed by atoms with Gasteiger partial charge in [-0.3, -0.25) is 4.79 Å².